The fourth-order valence-electron chi connectivity index (χ4n) is 2.87. The van der Waals surface area contributed by atoms with Crippen LogP contribution in [0.15, 0.2) is 24.3 Å². The summed E-state index contributed by atoms with van der Waals surface area (Å²) >= 11 is 0. The Bertz CT molecular complexity index is 579. The summed E-state index contributed by atoms with van der Waals surface area (Å²) in [6.45, 7) is 5.30. The van der Waals surface area contributed by atoms with Gasteiger partial charge in [0.05, 0.1) is 0 Å². The van der Waals surface area contributed by atoms with Crippen LogP contribution in [0.25, 0.3) is 0 Å². The third-order valence-electron chi connectivity index (χ3n) is 4.38. The maximum atomic E-state index is 13.7. The molecule has 1 heterocycles. The molecule has 24 heavy (non-hydrogen) atoms. The highest BCUT2D eigenvalue weighted by atomic mass is 19.1. The van der Waals surface area contributed by atoms with Crippen molar-refractivity contribution in [3.63, 3.8) is 0 Å². The van der Waals surface area contributed by atoms with Gasteiger partial charge in [-0.2, -0.15) is 0 Å². The van der Waals surface area contributed by atoms with Gasteiger partial charge in [0.15, 0.2) is 0 Å². The van der Waals surface area contributed by atoms with Gasteiger partial charge in [0, 0.05) is 31.2 Å². The molecule has 2 rings (SSSR count). The third-order valence-corrected chi connectivity index (χ3v) is 4.38. The number of amides is 3. The first-order valence-electron chi connectivity index (χ1n) is 8.61. The number of hydrogen-bond acceptors (Lipinski definition) is 2. The first-order chi connectivity index (χ1) is 11.5. The fraction of sp³-hybridized carbons (Fsp3) is 0.556. The summed E-state index contributed by atoms with van der Waals surface area (Å²) in [5.41, 5.74) is 0.498. The second-order valence-corrected chi connectivity index (χ2v) is 6.17. The smallest absolute Gasteiger partial charge is 0.318 e. The molecule has 3 amide bonds. The summed E-state index contributed by atoms with van der Waals surface area (Å²) in [4.78, 5) is 27.7. The molecule has 0 spiro atoms. The second kappa shape index (κ2) is 8.66. The van der Waals surface area contributed by atoms with E-state index in [2.05, 4.69) is 12.2 Å². The Hall–Kier alpha value is -2.11. The lowest BCUT2D eigenvalue weighted by Crippen LogP contribution is -2.55. The number of rotatable bonds is 6. The van der Waals surface area contributed by atoms with Crippen LogP contribution in [-0.4, -0.2) is 47.4 Å². The van der Waals surface area contributed by atoms with Gasteiger partial charge in [-0.15, -0.1) is 0 Å². The maximum Gasteiger partial charge on any atom is 0.318 e. The van der Waals surface area contributed by atoms with E-state index in [0.717, 1.165) is 19.3 Å². The van der Waals surface area contributed by atoms with E-state index in [4.69, 9.17) is 0 Å². The van der Waals surface area contributed by atoms with Gasteiger partial charge in [-0.1, -0.05) is 38.5 Å². The summed E-state index contributed by atoms with van der Waals surface area (Å²) in [6, 6.07) is 6.41. The van der Waals surface area contributed by atoms with Gasteiger partial charge < -0.3 is 15.1 Å². The van der Waals surface area contributed by atoms with E-state index < -0.39 is 0 Å². The minimum absolute atomic E-state index is 0.0445. The summed E-state index contributed by atoms with van der Waals surface area (Å²) in [6.07, 6.45) is 2.82. The number of halogens is 1. The quantitative estimate of drug-likeness (QED) is 0.869. The van der Waals surface area contributed by atoms with Crippen LogP contribution in [0.4, 0.5) is 9.18 Å². The number of nitrogens with zero attached hydrogens (tertiary/aromatic N) is 2. The van der Waals surface area contributed by atoms with Gasteiger partial charge in [0.25, 0.3) is 0 Å². The van der Waals surface area contributed by atoms with E-state index in [1.807, 2.05) is 6.92 Å². The molecule has 1 aromatic carbocycles. The average Bonchev–Trinajstić information content (AvgIpc) is 2.58. The highest BCUT2D eigenvalue weighted by Crippen LogP contribution is 2.13. The van der Waals surface area contributed by atoms with Gasteiger partial charge in [0.1, 0.15) is 12.4 Å². The van der Waals surface area contributed by atoms with Crippen LogP contribution in [0, 0.1) is 5.82 Å². The molecule has 1 saturated heterocycles. The highest BCUT2D eigenvalue weighted by Gasteiger charge is 2.28. The van der Waals surface area contributed by atoms with Crippen molar-refractivity contribution < 1.29 is 14.0 Å². The molecule has 0 unspecified atom stereocenters. The molecule has 0 aromatic heterocycles. The number of urea groups is 1. The van der Waals surface area contributed by atoms with Crippen molar-refractivity contribution in [2.45, 2.75) is 45.7 Å². The molecule has 1 aromatic rings. The fourth-order valence-corrected chi connectivity index (χ4v) is 2.87. The molecule has 132 valence electrons. The van der Waals surface area contributed by atoms with Crippen LogP contribution in [-0.2, 0) is 11.3 Å². The summed E-state index contributed by atoms with van der Waals surface area (Å²) in [5, 5.41) is 2.99. The molecule has 0 saturated carbocycles. The molecule has 0 radical (unpaired) electrons. The van der Waals surface area contributed by atoms with E-state index in [1.54, 1.807) is 28.0 Å². The Morgan fingerprint density at radius 3 is 2.67 bits per heavy atom. The lowest BCUT2D eigenvalue weighted by atomic mass is 10.1. The number of benzene rings is 1. The highest BCUT2D eigenvalue weighted by molar-refractivity contribution is 5.85. The minimum Gasteiger partial charge on any atom is -0.335 e. The van der Waals surface area contributed by atoms with Crippen molar-refractivity contribution in [3.05, 3.63) is 35.6 Å². The molecule has 6 heteroatoms. The van der Waals surface area contributed by atoms with Crippen molar-refractivity contribution in [1.29, 1.82) is 0 Å². The van der Waals surface area contributed by atoms with Gasteiger partial charge in [-0.25, -0.2) is 9.18 Å². The van der Waals surface area contributed by atoms with E-state index in [0.29, 0.717) is 18.7 Å². The van der Waals surface area contributed by atoms with Crippen molar-refractivity contribution in [2.75, 3.05) is 19.6 Å². The molecule has 1 fully saturated rings. The monoisotopic (exact) mass is 335 g/mol. The molecule has 0 aliphatic carbocycles. The lowest BCUT2D eigenvalue weighted by Gasteiger charge is -2.35. The van der Waals surface area contributed by atoms with E-state index >= 15 is 0 Å². The summed E-state index contributed by atoms with van der Waals surface area (Å²) in [5.74, 6) is -0.459. The summed E-state index contributed by atoms with van der Waals surface area (Å²) < 4.78 is 13.7. The topological polar surface area (TPSA) is 52.7 Å². The van der Waals surface area contributed by atoms with Crippen LogP contribution in [0.2, 0.25) is 0 Å². The average molecular weight is 335 g/mol. The number of nitrogens with one attached hydrogen (secondary N) is 1. The van der Waals surface area contributed by atoms with Gasteiger partial charge >= 0.3 is 6.03 Å². The van der Waals surface area contributed by atoms with Gasteiger partial charge in [-0.05, 0) is 18.9 Å². The van der Waals surface area contributed by atoms with Crippen LogP contribution in [0.5, 0.6) is 0 Å². The Labute approximate surface area is 142 Å². The minimum atomic E-state index is -0.309. The zero-order valence-electron chi connectivity index (χ0n) is 14.4. The molecule has 1 aliphatic heterocycles. The number of piperazine rings is 1. The number of carbonyl (C=O) groups excluding carboxylic acids is 2. The van der Waals surface area contributed by atoms with Crippen molar-refractivity contribution in [3.8, 4) is 0 Å². The molecule has 1 aliphatic rings. The van der Waals surface area contributed by atoms with Crippen molar-refractivity contribution in [2.24, 2.45) is 0 Å². The van der Waals surface area contributed by atoms with Gasteiger partial charge in [0.2, 0.25) is 5.91 Å². The molecular formula is C18H26FN3O2. The second-order valence-electron chi connectivity index (χ2n) is 6.17. The first kappa shape index (κ1) is 18.2. The Kier molecular flexibility index (Phi) is 6.58. The predicted molar refractivity (Wildman–Crippen MR) is 90.9 cm³/mol. The predicted octanol–water partition coefficient (Wildman–Crippen LogP) is 2.76. The van der Waals surface area contributed by atoms with Crippen molar-refractivity contribution >= 4 is 11.9 Å². The Morgan fingerprint density at radius 2 is 2.04 bits per heavy atom. The van der Waals surface area contributed by atoms with Crippen LogP contribution in [0.1, 0.15) is 38.7 Å². The molecule has 1 N–H and O–H groups in total. The van der Waals surface area contributed by atoms with Gasteiger partial charge in [-0.3, -0.25) is 4.79 Å². The lowest BCUT2D eigenvalue weighted by molar-refractivity contribution is -0.135. The molecular weight excluding hydrogens is 309 g/mol. The Balaban J connectivity index is 1.89. The first-order valence-corrected chi connectivity index (χ1v) is 8.61. The molecule has 5 nitrogen and oxygen atoms in total. The summed E-state index contributed by atoms with van der Waals surface area (Å²) in [7, 11) is 0. The van der Waals surface area contributed by atoms with Crippen LogP contribution < -0.4 is 5.32 Å². The number of hydrogen-bond donors (Lipinski definition) is 1. The normalized spacial score (nSPS) is 16.2. The molecule has 0 bridgehead atoms. The third kappa shape index (κ3) is 4.69. The van der Waals surface area contributed by atoms with Crippen LogP contribution >= 0.6 is 0 Å². The van der Waals surface area contributed by atoms with E-state index in [9.17, 15) is 14.0 Å². The zero-order chi connectivity index (χ0) is 17.5. The maximum absolute atomic E-state index is 13.7. The van der Waals surface area contributed by atoms with E-state index in [-0.39, 0.29) is 36.9 Å². The van der Waals surface area contributed by atoms with E-state index in [1.165, 1.54) is 6.07 Å². The van der Waals surface area contributed by atoms with Crippen molar-refractivity contribution in [1.82, 2.24) is 15.1 Å². The number of carbonyl (C=O) groups is 2. The van der Waals surface area contributed by atoms with Crippen LogP contribution in [0.3, 0.4) is 0 Å². The molecule has 1 atom stereocenters. The SMILES string of the molecule is CCC[C@@H](CC)NC(=O)N1CCN(Cc2ccccc2F)C(=O)C1. The standard InChI is InChI=1S/C18H26FN3O2/c1-3-7-15(4-2)20-18(24)22-11-10-21(17(23)13-22)12-14-8-5-6-9-16(14)19/h5-6,8-9,15H,3-4,7,10-13H2,1-2H3,(H,20,24)/t15-/m1/s1. The Morgan fingerprint density at radius 1 is 1.29 bits per heavy atom. The zero-order valence-corrected chi connectivity index (χ0v) is 14.4. The largest absolute Gasteiger partial charge is 0.335 e.